The van der Waals surface area contributed by atoms with Gasteiger partial charge in [-0.2, -0.15) is 0 Å². The number of nitrogens with one attached hydrogen (secondary N) is 3. The van der Waals surface area contributed by atoms with Gasteiger partial charge in [0.05, 0.1) is 13.1 Å². The Morgan fingerprint density at radius 2 is 1.68 bits per heavy atom. The Kier molecular flexibility index (Phi) is 7.27. The molecule has 1 aromatic rings. The summed E-state index contributed by atoms with van der Waals surface area (Å²) in [5, 5.41) is 8.28. The van der Waals surface area contributed by atoms with Gasteiger partial charge in [-0.05, 0) is 18.5 Å². The lowest BCUT2D eigenvalue weighted by Crippen LogP contribution is -2.40. The maximum absolute atomic E-state index is 11.5. The molecule has 0 unspecified atom stereocenters. The summed E-state index contributed by atoms with van der Waals surface area (Å²) >= 11 is 0. The molecule has 1 aromatic carbocycles. The Balaban J connectivity index is 2.12. The third-order valence-electron chi connectivity index (χ3n) is 2.49. The summed E-state index contributed by atoms with van der Waals surface area (Å²) in [5.74, 6) is -0.351. The van der Waals surface area contributed by atoms with E-state index in [0.717, 1.165) is 18.5 Å². The van der Waals surface area contributed by atoms with E-state index >= 15 is 0 Å². The van der Waals surface area contributed by atoms with Gasteiger partial charge in [0, 0.05) is 6.54 Å². The lowest BCUT2D eigenvalue weighted by molar-refractivity contribution is -0.125. The lowest BCUT2D eigenvalue weighted by Gasteiger charge is -2.07. The molecule has 19 heavy (non-hydrogen) atoms. The first kappa shape index (κ1) is 15.2. The van der Waals surface area contributed by atoms with Gasteiger partial charge in [0.15, 0.2) is 0 Å². The maximum atomic E-state index is 11.5. The van der Waals surface area contributed by atoms with Gasteiger partial charge in [-0.1, -0.05) is 37.3 Å². The van der Waals surface area contributed by atoms with Crippen molar-refractivity contribution in [1.29, 1.82) is 0 Å². The zero-order valence-corrected chi connectivity index (χ0v) is 11.2. The van der Waals surface area contributed by atoms with Crippen molar-refractivity contribution in [2.45, 2.75) is 19.9 Å². The van der Waals surface area contributed by atoms with E-state index in [9.17, 15) is 9.59 Å². The number of hydrogen-bond acceptors (Lipinski definition) is 3. The Morgan fingerprint density at radius 3 is 2.37 bits per heavy atom. The number of benzene rings is 1. The van der Waals surface area contributed by atoms with Crippen molar-refractivity contribution in [2.24, 2.45) is 0 Å². The topological polar surface area (TPSA) is 70.2 Å². The predicted octanol–water partition coefficient (Wildman–Crippen LogP) is 0.419. The van der Waals surface area contributed by atoms with Crippen LogP contribution in [0.25, 0.3) is 0 Å². The van der Waals surface area contributed by atoms with Crippen LogP contribution in [-0.4, -0.2) is 31.4 Å². The van der Waals surface area contributed by atoms with Crippen LogP contribution >= 0.6 is 0 Å². The number of amides is 2. The molecule has 0 atom stereocenters. The van der Waals surface area contributed by atoms with E-state index in [4.69, 9.17) is 0 Å². The second-order valence-electron chi connectivity index (χ2n) is 4.22. The predicted molar refractivity (Wildman–Crippen MR) is 74.5 cm³/mol. The highest BCUT2D eigenvalue weighted by Crippen LogP contribution is 1.96. The van der Waals surface area contributed by atoms with Crippen LogP contribution < -0.4 is 16.0 Å². The summed E-state index contributed by atoms with van der Waals surface area (Å²) in [5.41, 5.74) is 1.03. The Hall–Kier alpha value is -1.88. The molecular formula is C14H21N3O2. The maximum Gasteiger partial charge on any atom is 0.239 e. The zero-order valence-electron chi connectivity index (χ0n) is 11.2. The molecule has 0 spiro atoms. The number of carbonyl (C=O) groups excluding carboxylic acids is 2. The van der Waals surface area contributed by atoms with Crippen molar-refractivity contribution in [2.75, 3.05) is 19.6 Å². The van der Waals surface area contributed by atoms with Gasteiger partial charge in [0.2, 0.25) is 11.8 Å². The first-order valence-corrected chi connectivity index (χ1v) is 6.50. The van der Waals surface area contributed by atoms with Gasteiger partial charge in [-0.15, -0.1) is 0 Å². The van der Waals surface area contributed by atoms with E-state index in [-0.39, 0.29) is 24.9 Å². The molecule has 0 saturated carbocycles. The molecule has 5 heteroatoms. The molecule has 3 N–H and O–H groups in total. The fourth-order valence-corrected chi connectivity index (χ4v) is 1.48. The van der Waals surface area contributed by atoms with E-state index in [0.29, 0.717) is 6.54 Å². The first-order chi connectivity index (χ1) is 9.22. The number of rotatable bonds is 8. The minimum Gasteiger partial charge on any atom is -0.350 e. The molecule has 0 aliphatic rings. The number of hydrogen-bond donors (Lipinski definition) is 3. The molecular weight excluding hydrogens is 242 g/mol. The van der Waals surface area contributed by atoms with Crippen molar-refractivity contribution in [3.8, 4) is 0 Å². The van der Waals surface area contributed by atoms with Crippen molar-refractivity contribution in [3.05, 3.63) is 35.9 Å². The largest absolute Gasteiger partial charge is 0.350 e. The van der Waals surface area contributed by atoms with Crippen LogP contribution in [0.3, 0.4) is 0 Å². The summed E-state index contributed by atoms with van der Waals surface area (Å²) < 4.78 is 0. The molecule has 0 aliphatic heterocycles. The molecule has 0 aliphatic carbocycles. The molecule has 0 saturated heterocycles. The van der Waals surface area contributed by atoms with Gasteiger partial charge < -0.3 is 16.0 Å². The zero-order chi connectivity index (χ0) is 13.9. The third-order valence-corrected chi connectivity index (χ3v) is 2.49. The summed E-state index contributed by atoms with van der Waals surface area (Å²) in [7, 11) is 0. The molecule has 104 valence electrons. The quantitative estimate of drug-likeness (QED) is 0.595. The Bertz CT molecular complexity index is 393. The fourth-order valence-electron chi connectivity index (χ4n) is 1.48. The van der Waals surface area contributed by atoms with Crippen LogP contribution in [0.4, 0.5) is 0 Å². The minimum atomic E-state index is -0.187. The van der Waals surface area contributed by atoms with E-state index in [2.05, 4.69) is 16.0 Å². The highest BCUT2D eigenvalue weighted by molar-refractivity contribution is 5.85. The minimum absolute atomic E-state index is 0.0134. The molecule has 0 radical (unpaired) electrons. The number of carbonyl (C=O) groups is 2. The highest BCUT2D eigenvalue weighted by Gasteiger charge is 2.04. The van der Waals surface area contributed by atoms with Gasteiger partial charge in [0.1, 0.15) is 0 Å². The second kappa shape index (κ2) is 9.10. The Morgan fingerprint density at radius 1 is 1.00 bits per heavy atom. The van der Waals surface area contributed by atoms with Crippen LogP contribution in [0, 0.1) is 0 Å². The Labute approximate surface area is 113 Å². The van der Waals surface area contributed by atoms with E-state index in [1.165, 1.54) is 0 Å². The molecule has 0 fully saturated rings. The van der Waals surface area contributed by atoms with Gasteiger partial charge in [-0.3, -0.25) is 9.59 Å². The van der Waals surface area contributed by atoms with Crippen LogP contribution in [0.5, 0.6) is 0 Å². The summed E-state index contributed by atoms with van der Waals surface area (Å²) in [6, 6.07) is 9.64. The molecule has 5 nitrogen and oxygen atoms in total. The summed E-state index contributed by atoms with van der Waals surface area (Å²) in [6.07, 6.45) is 0.977. The lowest BCUT2D eigenvalue weighted by atomic mass is 10.2. The monoisotopic (exact) mass is 263 g/mol. The molecule has 0 bridgehead atoms. The van der Waals surface area contributed by atoms with Gasteiger partial charge in [0.25, 0.3) is 0 Å². The van der Waals surface area contributed by atoms with E-state index in [1.807, 2.05) is 37.3 Å². The first-order valence-electron chi connectivity index (χ1n) is 6.50. The average molecular weight is 263 g/mol. The normalized spacial score (nSPS) is 9.95. The van der Waals surface area contributed by atoms with Gasteiger partial charge >= 0.3 is 0 Å². The van der Waals surface area contributed by atoms with Crippen LogP contribution in [-0.2, 0) is 16.1 Å². The second-order valence-corrected chi connectivity index (χ2v) is 4.22. The van der Waals surface area contributed by atoms with Crippen LogP contribution in [0.2, 0.25) is 0 Å². The average Bonchev–Trinajstić information content (AvgIpc) is 2.44. The van der Waals surface area contributed by atoms with Crippen molar-refractivity contribution in [3.63, 3.8) is 0 Å². The van der Waals surface area contributed by atoms with Gasteiger partial charge in [-0.25, -0.2) is 0 Å². The van der Waals surface area contributed by atoms with E-state index in [1.54, 1.807) is 0 Å². The van der Waals surface area contributed by atoms with Crippen molar-refractivity contribution >= 4 is 11.8 Å². The summed E-state index contributed by atoms with van der Waals surface area (Å²) in [4.78, 5) is 22.8. The standard InChI is InChI=1S/C14H21N3O2/c1-2-8-15-10-13(18)17-11-14(19)16-9-12-6-4-3-5-7-12/h3-7,15H,2,8-11H2,1H3,(H,16,19)(H,17,18). The van der Waals surface area contributed by atoms with Crippen LogP contribution in [0.1, 0.15) is 18.9 Å². The summed E-state index contributed by atoms with van der Waals surface area (Å²) in [6.45, 7) is 3.57. The fraction of sp³-hybridized carbons (Fsp3) is 0.429. The molecule has 0 heterocycles. The molecule has 2 amide bonds. The molecule has 0 aromatic heterocycles. The van der Waals surface area contributed by atoms with Crippen molar-refractivity contribution in [1.82, 2.24) is 16.0 Å². The SMILES string of the molecule is CCCNCC(=O)NCC(=O)NCc1ccccc1. The van der Waals surface area contributed by atoms with E-state index < -0.39 is 0 Å². The van der Waals surface area contributed by atoms with Crippen molar-refractivity contribution < 1.29 is 9.59 Å². The smallest absolute Gasteiger partial charge is 0.239 e. The van der Waals surface area contributed by atoms with Crippen LogP contribution in [0.15, 0.2) is 30.3 Å². The highest BCUT2D eigenvalue weighted by atomic mass is 16.2. The third kappa shape index (κ3) is 7.21. The molecule has 1 rings (SSSR count).